The molecule has 126 valence electrons. The number of carbonyl (C=O) groups is 2. The van der Waals surface area contributed by atoms with Crippen LogP contribution in [0.5, 0.6) is 0 Å². The molecule has 1 fully saturated rings. The first-order valence-corrected chi connectivity index (χ1v) is 8.00. The maximum absolute atomic E-state index is 13.1. The molecule has 7 heteroatoms. The molecule has 2 heterocycles. The van der Waals surface area contributed by atoms with Crippen molar-refractivity contribution in [2.24, 2.45) is 5.92 Å². The number of carbonyl (C=O) groups excluding carboxylic acids is 2. The number of piperidine rings is 1. The quantitative estimate of drug-likeness (QED) is 0.920. The van der Waals surface area contributed by atoms with Gasteiger partial charge in [-0.15, -0.1) is 0 Å². The molecular weight excluding hydrogens is 335 g/mol. The Morgan fingerprint density at radius 2 is 2.00 bits per heavy atom. The number of anilines is 1. The predicted octanol–water partition coefficient (Wildman–Crippen LogP) is 3.56. The van der Waals surface area contributed by atoms with Gasteiger partial charge in [-0.25, -0.2) is 4.39 Å². The molecule has 2 amide bonds. The van der Waals surface area contributed by atoms with E-state index in [-0.39, 0.29) is 22.8 Å². The molecule has 1 N–H and O–H groups in total. The van der Waals surface area contributed by atoms with E-state index >= 15 is 0 Å². The summed E-state index contributed by atoms with van der Waals surface area (Å²) < 4.78 is 18.1. The maximum atomic E-state index is 13.1. The molecule has 2 aromatic rings. The van der Waals surface area contributed by atoms with Crippen molar-refractivity contribution in [3.05, 3.63) is 53.2 Å². The molecule has 1 saturated heterocycles. The summed E-state index contributed by atoms with van der Waals surface area (Å²) in [6.45, 7) is 1.01. The van der Waals surface area contributed by atoms with Gasteiger partial charge in [0.25, 0.3) is 5.91 Å². The van der Waals surface area contributed by atoms with E-state index < -0.39 is 5.82 Å². The molecule has 24 heavy (non-hydrogen) atoms. The highest BCUT2D eigenvalue weighted by Crippen LogP contribution is 2.23. The summed E-state index contributed by atoms with van der Waals surface area (Å²) in [4.78, 5) is 26.2. The van der Waals surface area contributed by atoms with Crippen molar-refractivity contribution < 1.29 is 18.4 Å². The fourth-order valence-corrected chi connectivity index (χ4v) is 2.91. The van der Waals surface area contributed by atoms with Gasteiger partial charge in [-0.05, 0) is 37.1 Å². The van der Waals surface area contributed by atoms with E-state index in [1.54, 1.807) is 11.0 Å². The van der Waals surface area contributed by atoms with Crippen molar-refractivity contribution in [2.75, 3.05) is 18.4 Å². The van der Waals surface area contributed by atoms with Crippen LogP contribution in [0.25, 0.3) is 0 Å². The van der Waals surface area contributed by atoms with Crippen LogP contribution in [0.15, 0.2) is 41.2 Å². The molecule has 1 aliphatic heterocycles. The Morgan fingerprint density at radius 3 is 2.62 bits per heavy atom. The molecule has 1 aromatic heterocycles. The van der Waals surface area contributed by atoms with Crippen molar-refractivity contribution >= 4 is 29.1 Å². The maximum Gasteiger partial charge on any atom is 0.257 e. The molecule has 1 aliphatic rings. The lowest BCUT2D eigenvalue weighted by Crippen LogP contribution is -2.41. The predicted molar refractivity (Wildman–Crippen MR) is 87.4 cm³/mol. The van der Waals surface area contributed by atoms with Crippen LogP contribution >= 0.6 is 11.6 Å². The highest BCUT2D eigenvalue weighted by molar-refractivity contribution is 6.31. The average molecular weight is 351 g/mol. The van der Waals surface area contributed by atoms with Gasteiger partial charge >= 0.3 is 0 Å². The number of nitrogens with one attached hydrogen (secondary N) is 1. The van der Waals surface area contributed by atoms with E-state index in [1.807, 2.05) is 0 Å². The number of likely N-dealkylation sites (tertiary alicyclic amines) is 1. The van der Waals surface area contributed by atoms with E-state index in [0.29, 0.717) is 37.2 Å². The van der Waals surface area contributed by atoms with Crippen LogP contribution < -0.4 is 5.32 Å². The minimum absolute atomic E-state index is 0.0340. The molecule has 0 aliphatic carbocycles. The normalized spacial score (nSPS) is 15.3. The Bertz CT molecular complexity index is 740. The molecule has 1 aromatic carbocycles. The van der Waals surface area contributed by atoms with Crippen molar-refractivity contribution in [3.8, 4) is 0 Å². The van der Waals surface area contributed by atoms with E-state index in [2.05, 4.69) is 5.32 Å². The van der Waals surface area contributed by atoms with Crippen molar-refractivity contribution in [3.63, 3.8) is 0 Å². The smallest absolute Gasteiger partial charge is 0.257 e. The first kappa shape index (κ1) is 16.5. The fourth-order valence-electron chi connectivity index (χ4n) is 2.73. The van der Waals surface area contributed by atoms with Crippen LogP contribution in [-0.2, 0) is 4.79 Å². The largest absolute Gasteiger partial charge is 0.472 e. The molecule has 0 bridgehead atoms. The second-order valence-electron chi connectivity index (χ2n) is 5.70. The molecule has 0 atom stereocenters. The summed E-state index contributed by atoms with van der Waals surface area (Å²) in [6.07, 6.45) is 4.02. The van der Waals surface area contributed by atoms with Crippen molar-refractivity contribution in [2.45, 2.75) is 12.8 Å². The molecule has 0 saturated carbocycles. The second-order valence-corrected chi connectivity index (χ2v) is 6.10. The number of nitrogens with zero attached hydrogens (tertiary/aromatic N) is 1. The zero-order valence-electron chi connectivity index (χ0n) is 12.8. The van der Waals surface area contributed by atoms with Crippen LogP contribution in [0.3, 0.4) is 0 Å². The first-order chi connectivity index (χ1) is 11.5. The molecule has 3 rings (SSSR count). The van der Waals surface area contributed by atoms with Gasteiger partial charge in [0.1, 0.15) is 12.1 Å². The fraction of sp³-hybridized carbons (Fsp3) is 0.294. The Hall–Kier alpha value is -2.34. The van der Waals surface area contributed by atoms with Gasteiger partial charge in [-0.3, -0.25) is 9.59 Å². The molecule has 0 unspecified atom stereocenters. The van der Waals surface area contributed by atoms with Gasteiger partial charge in [-0.1, -0.05) is 11.6 Å². The summed E-state index contributed by atoms with van der Waals surface area (Å²) in [6, 6.07) is 5.69. The molecule has 5 nitrogen and oxygen atoms in total. The summed E-state index contributed by atoms with van der Waals surface area (Å²) in [5.74, 6) is -0.955. The molecular formula is C17H16ClFN2O3. The number of amides is 2. The van der Waals surface area contributed by atoms with E-state index in [0.717, 1.165) is 0 Å². The van der Waals surface area contributed by atoms with E-state index in [9.17, 15) is 14.0 Å². The first-order valence-electron chi connectivity index (χ1n) is 7.62. The van der Waals surface area contributed by atoms with Crippen LogP contribution in [0.1, 0.15) is 23.2 Å². The Labute approximate surface area is 143 Å². The number of hydrogen-bond donors (Lipinski definition) is 1. The summed E-state index contributed by atoms with van der Waals surface area (Å²) in [5, 5.41) is 2.71. The lowest BCUT2D eigenvalue weighted by Gasteiger charge is -2.31. The molecule has 0 spiro atoms. The highest BCUT2D eigenvalue weighted by Gasteiger charge is 2.28. The van der Waals surface area contributed by atoms with Crippen LogP contribution in [0.2, 0.25) is 5.02 Å². The van der Waals surface area contributed by atoms with Crippen molar-refractivity contribution in [1.29, 1.82) is 0 Å². The van der Waals surface area contributed by atoms with Crippen LogP contribution in [0.4, 0.5) is 10.1 Å². The van der Waals surface area contributed by atoms with Crippen LogP contribution in [-0.4, -0.2) is 29.8 Å². The zero-order valence-corrected chi connectivity index (χ0v) is 13.6. The summed E-state index contributed by atoms with van der Waals surface area (Å²) >= 11 is 5.71. The third kappa shape index (κ3) is 3.59. The highest BCUT2D eigenvalue weighted by atomic mass is 35.5. The minimum atomic E-state index is -0.527. The monoisotopic (exact) mass is 350 g/mol. The topological polar surface area (TPSA) is 62.6 Å². The van der Waals surface area contributed by atoms with Gasteiger partial charge in [0.15, 0.2) is 0 Å². The lowest BCUT2D eigenvalue weighted by atomic mass is 9.95. The van der Waals surface area contributed by atoms with Crippen molar-refractivity contribution in [1.82, 2.24) is 4.90 Å². The Morgan fingerprint density at radius 1 is 1.25 bits per heavy atom. The lowest BCUT2D eigenvalue weighted by molar-refractivity contribution is -0.121. The standard InChI is InChI=1S/C17H16ClFN2O3/c18-14-9-13(1-2-15(14)19)20-16(22)11-3-6-21(7-4-11)17(23)12-5-8-24-10-12/h1-2,5,8-11H,3-4,6-7H2,(H,20,22). The van der Waals surface area contributed by atoms with Crippen LogP contribution in [0, 0.1) is 11.7 Å². The minimum Gasteiger partial charge on any atom is -0.472 e. The third-order valence-electron chi connectivity index (χ3n) is 4.11. The van der Waals surface area contributed by atoms with Gasteiger partial charge in [0.2, 0.25) is 5.91 Å². The van der Waals surface area contributed by atoms with Gasteiger partial charge in [-0.2, -0.15) is 0 Å². The summed E-state index contributed by atoms with van der Waals surface area (Å²) in [7, 11) is 0. The number of hydrogen-bond acceptors (Lipinski definition) is 3. The molecule has 0 radical (unpaired) electrons. The average Bonchev–Trinajstić information content (AvgIpc) is 3.12. The number of halogens is 2. The zero-order chi connectivity index (χ0) is 17.1. The Kier molecular flexibility index (Phi) is 4.85. The second kappa shape index (κ2) is 7.05. The third-order valence-corrected chi connectivity index (χ3v) is 4.40. The number of furan rings is 1. The van der Waals surface area contributed by atoms with Gasteiger partial charge in [0, 0.05) is 24.7 Å². The number of benzene rings is 1. The van der Waals surface area contributed by atoms with Gasteiger partial charge in [0.05, 0.1) is 16.8 Å². The van der Waals surface area contributed by atoms with E-state index in [1.165, 1.54) is 30.7 Å². The SMILES string of the molecule is O=C(Nc1ccc(F)c(Cl)c1)C1CCN(C(=O)c2ccoc2)CC1. The van der Waals surface area contributed by atoms with E-state index in [4.69, 9.17) is 16.0 Å². The van der Waals surface area contributed by atoms with Gasteiger partial charge < -0.3 is 14.6 Å². The number of rotatable bonds is 3. The Balaban J connectivity index is 1.55. The summed E-state index contributed by atoms with van der Waals surface area (Å²) in [5.41, 5.74) is 0.974.